The van der Waals surface area contributed by atoms with Crippen LogP contribution in [0.15, 0.2) is 24.5 Å². The van der Waals surface area contributed by atoms with Crippen molar-refractivity contribution >= 4 is 0 Å². The van der Waals surface area contributed by atoms with Crippen molar-refractivity contribution in [3.63, 3.8) is 0 Å². The summed E-state index contributed by atoms with van der Waals surface area (Å²) < 4.78 is 0. The fourth-order valence-corrected chi connectivity index (χ4v) is 6.73. The summed E-state index contributed by atoms with van der Waals surface area (Å²) in [5, 5.41) is 0. The van der Waals surface area contributed by atoms with Gasteiger partial charge in [0.1, 0.15) is 0 Å². The van der Waals surface area contributed by atoms with E-state index in [0.29, 0.717) is 5.54 Å². The second kappa shape index (κ2) is 6.10. The molecule has 1 aromatic heterocycles. The van der Waals surface area contributed by atoms with Gasteiger partial charge in [-0.05, 0) is 74.3 Å². The predicted octanol–water partition coefficient (Wildman–Crippen LogP) is 3.21. The van der Waals surface area contributed by atoms with Crippen LogP contribution in [-0.4, -0.2) is 53.0 Å². The van der Waals surface area contributed by atoms with Crippen LogP contribution >= 0.6 is 0 Å². The Kier molecular flexibility index (Phi) is 3.90. The number of piperazine rings is 1. The summed E-state index contributed by atoms with van der Waals surface area (Å²) in [6.45, 7) is 6.34. The van der Waals surface area contributed by atoms with E-state index in [-0.39, 0.29) is 0 Å². The third-order valence-electron chi connectivity index (χ3n) is 7.49. The van der Waals surface area contributed by atoms with Gasteiger partial charge in [0.15, 0.2) is 0 Å². The molecule has 1 saturated heterocycles. The zero-order valence-corrected chi connectivity index (χ0v) is 14.9. The van der Waals surface area contributed by atoms with Gasteiger partial charge in [-0.15, -0.1) is 0 Å². The van der Waals surface area contributed by atoms with E-state index < -0.39 is 0 Å². The summed E-state index contributed by atoms with van der Waals surface area (Å²) >= 11 is 0. The van der Waals surface area contributed by atoms with E-state index in [1.54, 1.807) is 19.3 Å². The zero-order valence-electron chi connectivity index (χ0n) is 14.9. The SMILES string of the molecule is c1cncc(CCN2CCN(C34CC5CC(CC(C5)C3)C4)CC2)c1. The van der Waals surface area contributed by atoms with Crippen LogP contribution in [0.1, 0.15) is 44.1 Å². The number of rotatable bonds is 4. The molecule has 1 aliphatic heterocycles. The van der Waals surface area contributed by atoms with Crippen molar-refractivity contribution in [2.24, 2.45) is 17.8 Å². The molecule has 2 heterocycles. The molecule has 3 nitrogen and oxygen atoms in total. The minimum atomic E-state index is 0.615. The lowest BCUT2D eigenvalue weighted by Crippen LogP contribution is -2.63. The van der Waals surface area contributed by atoms with Gasteiger partial charge in [-0.1, -0.05) is 6.07 Å². The van der Waals surface area contributed by atoms with Crippen molar-refractivity contribution in [1.29, 1.82) is 0 Å². The summed E-state index contributed by atoms with van der Waals surface area (Å²) in [6, 6.07) is 4.26. The van der Waals surface area contributed by atoms with Gasteiger partial charge in [0.05, 0.1) is 0 Å². The topological polar surface area (TPSA) is 19.4 Å². The van der Waals surface area contributed by atoms with Crippen molar-refractivity contribution in [2.75, 3.05) is 32.7 Å². The highest BCUT2D eigenvalue weighted by Gasteiger charge is 2.53. The van der Waals surface area contributed by atoms with Gasteiger partial charge in [-0.3, -0.25) is 9.88 Å². The Bertz CT molecular complexity index is 526. The van der Waals surface area contributed by atoms with Crippen LogP contribution in [0.3, 0.4) is 0 Å². The van der Waals surface area contributed by atoms with Gasteiger partial charge in [0.25, 0.3) is 0 Å². The fraction of sp³-hybridized carbons (Fsp3) is 0.762. The second-order valence-electron chi connectivity index (χ2n) is 9.08. The highest BCUT2D eigenvalue weighted by Crippen LogP contribution is 2.57. The van der Waals surface area contributed by atoms with Gasteiger partial charge in [0.2, 0.25) is 0 Å². The molecule has 24 heavy (non-hydrogen) atoms. The van der Waals surface area contributed by atoms with E-state index in [9.17, 15) is 0 Å². The van der Waals surface area contributed by atoms with Crippen molar-refractivity contribution in [3.05, 3.63) is 30.1 Å². The Morgan fingerprint density at radius 2 is 1.62 bits per heavy atom. The van der Waals surface area contributed by atoms with Crippen molar-refractivity contribution in [3.8, 4) is 0 Å². The summed E-state index contributed by atoms with van der Waals surface area (Å²) in [6.07, 6.45) is 14.3. The van der Waals surface area contributed by atoms with Crippen molar-refractivity contribution in [2.45, 2.75) is 50.5 Å². The molecule has 4 aliphatic carbocycles. The number of pyridine rings is 1. The first-order chi connectivity index (χ1) is 11.8. The number of nitrogens with zero attached hydrogens (tertiary/aromatic N) is 3. The predicted molar refractivity (Wildman–Crippen MR) is 96.9 cm³/mol. The first kappa shape index (κ1) is 15.3. The van der Waals surface area contributed by atoms with Gasteiger partial charge < -0.3 is 4.90 Å². The van der Waals surface area contributed by atoms with Gasteiger partial charge >= 0.3 is 0 Å². The van der Waals surface area contributed by atoms with Crippen molar-refractivity contribution in [1.82, 2.24) is 14.8 Å². The van der Waals surface area contributed by atoms with Crippen LogP contribution in [-0.2, 0) is 6.42 Å². The molecule has 5 aliphatic rings. The molecular formula is C21H31N3. The van der Waals surface area contributed by atoms with Crippen LogP contribution in [0.5, 0.6) is 0 Å². The van der Waals surface area contributed by atoms with E-state index in [1.165, 1.54) is 57.5 Å². The van der Waals surface area contributed by atoms with Gasteiger partial charge in [0, 0.05) is 50.7 Å². The van der Waals surface area contributed by atoms with Crippen LogP contribution in [0, 0.1) is 17.8 Å². The number of aromatic nitrogens is 1. The first-order valence-corrected chi connectivity index (χ1v) is 10.2. The Morgan fingerprint density at radius 1 is 0.958 bits per heavy atom. The lowest BCUT2D eigenvalue weighted by Gasteiger charge is -2.61. The highest BCUT2D eigenvalue weighted by atomic mass is 15.3. The zero-order chi connectivity index (χ0) is 16.0. The van der Waals surface area contributed by atoms with E-state index in [0.717, 1.165) is 24.2 Å². The molecule has 0 N–H and O–H groups in total. The van der Waals surface area contributed by atoms with Crippen LogP contribution in [0.4, 0.5) is 0 Å². The summed E-state index contributed by atoms with van der Waals surface area (Å²) in [5.41, 5.74) is 1.99. The Labute approximate surface area is 146 Å². The largest absolute Gasteiger partial charge is 0.300 e. The maximum Gasteiger partial charge on any atom is 0.0300 e. The van der Waals surface area contributed by atoms with E-state index >= 15 is 0 Å². The first-order valence-electron chi connectivity index (χ1n) is 10.2. The molecule has 0 spiro atoms. The molecule has 0 radical (unpaired) electrons. The fourth-order valence-electron chi connectivity index (χ4n) is 6.73. The Hall–Kier alpha value is -0.930. The number of hydrogen-bond donors (Lipinski definition) is 0. The Balaban J connectivity index is 1.17. The third-order valence-corrected chi connectivity index (χ3v) is 7.49. The highest BCUT2D eigenvalue weighted by molar-refractivity contribution is 5.10. The molecule has 4 saturated carbocycles. The molecule has 6 rings (SSSR count). The lowest BCUT2D eigenvalue weighted by molar-refractivity contribution is -0.101. The summed E-state index contributed by atoms with van der Waals surface area (Å²) in [5.74, 6) is 3.21. The maximum atomic E-state index is 4.24. The normalized spacial score (nSPS) is 39.4. The average Bonchev–Trinajstić information content (AvgIpc) is 2.60. The lowest BCUT2D eigenvalue weighted by atomic mass is 9.52. The van der Waals surface area contributed by atoms with E-state index in [2.05, 4.69) is 26.9 Å². The average molecular weight is 326 g/mol. The summed E-state index contributed by atoms with van der Waals surface area (Å²) in [4.78, 5) is 9.84. The molecule has 0 unspecified atom stereocenters. The molecule has 1 aromatic rings. The monoisotopic (exact) mass is 325 g/mol. The maximum absolute atomic E-state index is 4.24. The van der Waals surface area contributed by atoms with Crippen molar-refractivity contribution < 1.29 is 0 Å². The quantitative estimate of drug-likeness (QED) is 0.847. The smallest absolute Gasteiger partial charge is 0.0300 e. The molecular weight excluding hydrogens is 294 g/mol. The third kappa shape index (κ3) is 2.80. The molecule has 0 amide bonds. The van der Waals surface area contributed by atoms with Gasteiger partial charge in [-0.2, -0.15) is 0 Å². The molecule has 0 atom stereocenters. The number of hydrogen-bond acceptors (Lipinski definition) is 3. The second-order valence-corrected chi connectivity index (χ2v) is 9.08. The van der Waals surface area contributed by atoms with Crippen LogP contribution in [0.2, 0.25) is 0 Å². The summed E-state index contributed by atoms with van der Waals surface area (Å²) in [7, 11) is 0. The van der Waals surface area contributed by atoms with Gasteiger partial charge in [-0.25, -0.2) is 0 Å². The molecule has 5 fully saturated rings. The molecule has 0 aromatic carbocycles. The minimum Gasteiger partial charge on any atom is -0.300 e. The van der Waals surface area contributed by atoms with E-state index in [4.69, 9.17) is 0 Å². The standard InChI is InChI=1S/C21H31N3/c1-2-17(16-22-4-1)3-5-23-6-8-24(9-7-23)21-13-18-10-19(14-21)12-20(11-18)15-21/h1-2,4,16,18-20H,3,5-15H2. The molecule has 3 heteroatoms. The minimum absolute atomic E-state index is 0.615. The van der Waals surface area contributed by atoms with Crippen LogP contribution < -0.4 is 0 Å². The van der Waals surface area contributed by atoms with E-state index in [1.807, 2.05) is 12.4 Å². The van der Waals surface area contributed by atoms with Crippen LogP contribution in [0.25, 0.3) is 0 Å². The molecule has 4 bridgehead atoms. The molecule has 130 valence electrons. The Morgan fingerprint density at radius 3 is 2.21 bits per heavy atom.